The summed E-state index contributed by atoms with van der Waals surface area (Å²) in [5.41, 5.74) is 1.44. The molecule has 24 heavy (non-hydrogen) atoms. The van der Waals surface area contributed by atoms with Gasteiger partial charge in [-0.3, -0.25) is 9.59 Å². The minimum absolute atomic E-state index is 0.137. The van der Waals surface area contributed by atoms with Gasteiger partial charge in [0.25, 0.3) is 5.91 Å². The molecule has 1 aromatic heterocycles. The maximum absolute atomic E-state index is 11.9. The molecule has 2 amide bonds. The molecule has 0 saturated heterocycles. The zero-order valence-corrected chi connectivity index (χ0v) is 14.8. The van der Waals surface area contributed by atoms with Crippen molar-refractivity contribution in [2.75, 3.05) is 13.7 Å². The number of carbonyl (C=O) groups excluding carboxylic acids is 2. The smallest absolute Gasteiger partial charge is 0.251 e. The number of pyridine rings is 1. The van der Waals surface area contributed by atoms with Crippen molar-refractivity contribution in [3.05, 3.63) is 58.2 Å². The van der Waals surface area contributed by atoms with Crippen LogP contribution in [0.1, 0.15) is 22.3 Å². The Bertz CT molecular complexity index is 687. The number of benzene rings is 1. The number of amides is 2. The van der Waals surface area contributed by atoms with Gasteiger partial charge in [-0.15, -0.1) is 0 Å². The first-order valence-corrected chi connectivity index (χ1v) is 8.17. The van der Waals surface area contributed by atoms with Crippen molar-refractivity contribution in [2.24, 2.45) is 0 Å². The molecular formula is C17H18BrN3O3. The molecule has 0 atom stereocenters. The zero-order chi connectivity index (χ0) is 17.4. The minimum atomic E-state index is -0.199. The summed E-state index contributed by atoms with van der Waals surface area (Å²) in [6.07, 6.45) is 1.86. The molecule has 126 valence electrons. The largest absolute Gasteiger partial charge is 0.481 e. The van der Waals surface area contributed by atoms with Gasteiger partial charge in [0.15, 0.2) is 0 Å². The molecule has 1 heterocycles. The first kappa shape index (κ1) is 17.9. The second-order valence-electron chi connectivity index (χ2n) is 5.00. The highest BCUT2D eigenvalue weighted by atomic mass is 79.9. The van der Waals surface area contributed by atoms with Crippen LogP contribution in [0, 0.1) is 0 Å². The molecular weight excluding hydrogens is 374 g/mol. The lowest BCUT2D eigenvalue weighted by atomic mass is 10.2. The average molecular weight is 392 g/mol. The van der Waals surface area contributed by atoms with Crippen LogP contribution >= 0.6 is 15.9 Å². The van der Waals surface area contributed by atoms with Gasteiger partial charge in [-0.25, -0.2) is 4.98 Å². The Morgan fingerprint density at radius 1 is 1.12 bits per heavy atom. The summed E-state index contributed by atoms with van der Waals surface area (Å²) in [6, 6.07) is 10.6. The van der Waals surface area contributed by atoms with Gasteiger partial charge in [0.05, 0.1) is 7.11 Å². The third-order valence-electron chi connectivity index (χ3n) is 3.24. The van der Waals surface area contributed by atoms with Crippen molar-refractivity contribution in [3.8, 4) is 5.88 Å². The molecule has 0 unspecified atom stereocenters. The Morgan fingerprint density at radius 3 is 2.50 bits per heavy atom. The van der Waals surface area contributed by atoms with E-state index < -0.39 is 0 Å². The number of nitrogens with zero attached hydrogens (tertiary/aromatic N) is 1. The summed E-state index contributed by atoms with van der Waals surface area (Å²) in [5, 5.41) is 5.50. The van der Waals surface area contributed by atoms with Crippen molar-refractivity contribution >= 4 is 27.7 Å². The summed E-state index contributed by atoms with van der Waals surface area (Å²) in [4.78, 5) is 27.8. The third-order valence-corrected chi connectivity index (χ3v) is 3.77. The van der Waals surface area contributed by atoms with E-state index in [4.69, 9.17) is 4.74 Å². The zero-order valence-electron chi connectivity index (χ0n) is 13.2. The van der Waals surface area contributed by atoms with Crippen LogP contribution < -0.4 is 15.4 Å². The summed E-state index contributed by atoms with van der Waals surface area (Å²) in [7, 11) is 1.55. The van der Waals surface area contributed by atoms with Crippen LogP contribution in [-0.2, 0) is 11.3 Å². The quantitative estimate of drug-likeness (QED) is 0.758. The average Bonchev–Trinajstić information content (AvgIpc) is 2.61. The molecule has 6 nitrogen and oxygen atoms in total. The third kappa shape index (κ3) is 5.66. The Hall–Kier alpha value is -2.41. The van der Waals surface area contributed by atoms with Crippen LogP contribution in [0.2, 0.25) is 0 Å². The van der Waals surface area contributed by atoms with E-state index in [0.29, 0.717) is 18.0 Å². The van der Waals surface area contributed by atoms with Gasteiger partial charge in [0.2, 0.25) is 11.8 Å². The fraction of sp³-hybridized carbons (Fsp3) is 0.235. The maximum Gasteiger partial charge on any atom is 0.251 e. The van der Waals surface area contributed by atoms with Crippen LogP contribution in [0.3, 0.4) is 0 Å². The first-order chi connectivity index (χ1) is 11.6. The molecule has 2 N–H and O–H groups in total. The number of nitrogens with one attached hydrogen (secondary N) is 2. The molecule has 0 fully saturated rings. The number of hydrogen-bond acceptors (Lipinski definition) is 4. The molecule has 0 aliphatic carbocycles. The van der Waals surface area contributed by atoms with E-state index in [1.54, 1.807) is 43.6 Å². The van der Waals surface area contributed by atoms with Gasteiger partial charge in [0, 0.05) is 41.8 Å². The normalized spacial score (nSPS) is 10.1. The van der Waals surface area contributed by atoms with Crippen molar-refractivity contribution in [1.82, 2.24) is 15.6 Å². The highest BCUT2D eigenvalue weighted by molar-refractivity contribution is 9.10. The molecule has 7 heteroatoms. The fourth-order valence-corrected chi connectivity index (χ4v) is 2.18. The Balaban J connectivity index is 1.69. The number of aromatic nitrogens is 1. The molecule has 0 saturated carbocycles. The first-order valence-electron chi connectivity index (χ1n) is 7.38. The van der Waals surface area contributed by atoms with Crippen LogP contribution in [-0.4, -0.2) is 30.5 Å². The molecule has 1 aromatic carbocycles. The number of ether oxygens (including phenoxy) is 1. The minimum Gasteiger partial charge on any atom is -0.481 e. The fourth-order valence-electron chi connectivity index (χ4n) is 1.92. The molecule has 2 aromatic rings. The molecule has 2 rings (SSSR count). The number of methoxy groups -OCH3 is 1. The van der Waals surface area contributed by atoms with Crippen LogP contribution in [0.15, 0.2) is 47.1 Å². The summed E-state index contributed by atoms with van der Waals surface area (Å²) in [5.74, 6) is 0.192. The maximum atomic E-state index is 11.9. The SMILES string of the molecule is COc1ccc(CNC(=O)CCNC(=O)c2ccc(Br)cc2)cn1. The van der Waals surface area contributed by atoms with Crippen LogP contribution in [0.4, 0.5) is 0 Å². The van der Waals surface area contributed by atoms with E-state index in [0.717, 1.165) is 10.0 Å². The lowest BCUT2D eigenvalue weighted by Crippen LogP contribution is -2.30. The van der Waals surface area contributed by atoms with Crippen molar-refractivity contribution in [2.45, 2.75) is 13.0 Å². The van der Waals surface area contributed by atoms with Crippen molar-refractivity contribution in [3.63, 3.8) is 0 Å². The highest BCUT2D eigenvalue weighted by Gasteiger charge is 2.06. The van der Waals surface area contributed by atoms with Crippen molar-refractivity contribution in [1.29, 1.82) is 0 Å². The molecule has 0 aliphatic rings. The monoisotopic (exact) mass is 391 g/mol. The summed E-state index contributed by atoms with van der Waals surface area (Å²) < 4.78 is 5.88. The Morgan fingerprint density at radius 2 is 1.88 bits per heavy atom. The van der Waals surface area contributed by atoms with E-state index in [2.05, 4.69) is 31.5 Å². The van der Waals surface area contributed by atoms with E-state index in [9.17, 15) is 9.59 Å². The Labute approximate surface area is 148 Å². The van der Waals surface area contributed by atoms with Gasteiger partial charge in [-0.05, 0) is 29.8 Å². The number of hydrogen-bond donors (Lipinski definition) is 2. The second-order valence-corrected chi connectivity index (χ2v) is 5.91. The van der Waals surface area contributed by atoms with E-state index in [-0.39, 0.29) is 24.8 Å². The van der Waals surface area contributed by atoms with Gasteiger partial charge in [-0.1, -0.05) is 22.0 Å². The number of halogens is 1. The molecule has 0 radical (unpaired) electrons. The summed E-state index contributed by atoms with van der Waals surface area (Å²) in [6.45, 7) is 0.665. The standard InChI is InChI=1S/C17H18BrN3O3/c1-24-16-7-2-12(11-21-16)10-20-15(22)8-9-19-17(23)13-3-5-14(18)6-4-13/h2-7,11H,8-10H2,1H3,(H,19,23)(H,20,22). The van der Waals surface area contributed by atoms with Crippen LogP contribution in [0.5, 0.6) is 5.88 Å². The molecule has 0 spiro atoms. The highest BCUT2D eigenvalue weighted by Crippen LogP contribution is 2.10. The van der Waals surface area contributed by atoms with Crippen LogP contribution in [0.25, 0.3) is 0 Å². The predicted molar refractivity (Wildman–Crippen MR) is 93.7 cm³/mol. The second kappa shape index (κ2) is 9.02. The lowest BCUT2D eigenvalue weighted by Gasteiger charge is -2.07. The molecule has 0 aliphatic heterocycles. The predicted octanol–water partition coefficient (Wildman–Crippen LogP) is 2.29. The molecule has 0 bridgehead atoms. The van der Waals surface area contributed by atoms with Gasteiger partial charge in [0.1, 0.15) is 0 Å². The summed E-state index contributed by atoms with van der Waals surface area (Å²) >= 11 is 3.31. The van der Waals surface area contributed by atoms with E-state index in [1.165, 1.54) is 0 Å². The van der Waals surface area contributed by atoms with Gasteiger partial charge < -0.3 is 15.4 Å². The number of rotatable bonds is 7. The number of carbonyl (C=O) groups is 2. The Kier molecular flexibility index (Phi) is 6.74. The van der Waals surface area contributed by atoms with Gasteiger partial charge >= 0.3 is 0 Å². The van der Waals surface area contributed by atoms with E-state index >= 15 is 0 Å². The van der Waals surface area contributed by atoms with E-state index in [1.807, 2.05) is 6.07 Å². The lowest BCUT2D eigenvalue weighted by molar-refractivity contribution is -0.121. The van der Waals surface area contributed by atoms with Gasteiger partial charge in [-0.2, -0.15) is 0 Å². The topological polar surface area (TPSA) is 80.3 Å². The van der Waals surface area contributed by atoms with Crippen molar-refractivity contribution < 1.29 is 14.3 Å².